The van der Waals surface area contributed by atoms with Gasteiger partial charge in [0.1, 0.15) is 17.8 Å². The van der Waals surface area contributed by atoms with E-state index >= 15 is 0 Å². The first-order valence-corrected chi connectivity index (χ1v) is 10.8. The number of amides is 3. The molecule has 0 aliphatic rings. The highest BCUT2D eigenvalue weighted by molar-refractivity contribution is 5.92. The average Bonchev–Trinajstić information content (AvgIpc) is 2.83. The normalized spacial score (nSPS) is 12.8. The second-order valence-electron chi connectivity index (χ2n) is 7.85. The molecule has 0 aliphatic heterocycles. The molecule has 35 heavy (non-hydrogen) atoms. The third kappa shape index (κ3) is 10.0. The summed E-state index contributed by atoms with van der Waals surface area (Å²) in [6.07, 6.45) is 0.574. The Bertz CT molecular complexity index is 987. The SMILES string of the molecule is COC(=O)[C@H](Cc1ccccc1)NC(=O)CNC(=O)[C@H](C)NC(=O)[C@H]([NH3+])Cc1ccc(O)cc1.[Cl-]. The first-order valence-electron chi connectivity index (χ1n) is 10.8. The number of nitrogens with one attached hydrogen (secondary N) is 3. The Morgan fingerprint density at radius 2 is 1.51 bits per heavy atom. The quantitative estimate of drug-likeness (QED) is 0.196. The number of benzene rings is 2. The van der Waals surface area contributed by atoms with Crippen LogP contribution in [0.3, 0.4) is 0 Å². The van der Waals surface area contributed by atoms with Crippen LogP contribution in [-0.2, 0) is 36.8 Å². The third-order valence-corrected chi connectivity index (χ3v) is 5.07. The standard InChI is InChI=1S/C24H30N4O6.ClH/c1-15(27-23(32)19(25)12-17-8-10-18(29)11-9-17)22(31)26-14-21(30)28-20(24(33)34-2)13-16-6-4-3-5-7-16;/h3-11,15,19-20,29H,12-14,25H2,1-2H3,(H,26,31)(H,27,32)(H,28,30);1H/t15-,19+,20-;/m0./s1. The summed E-state index contributed by atoms with van der Waals surface area (Å²) in [7, 11) is 1.23. The van der Waals surface area contributed by atoms with Crippen molar-refractivity contribution in [1.82, 2.24) is 16.0 Å². The first-order chi connectivity index (χ1) is 16.2. The minimum absolute atomic E-state index is 0. The maximum absolute atomic E-state index is 12.4. The Morgan fingerprint density at radius 3 is 2.11 bits per heavy atom. The van der Waals surface area contributed by atoms with Crippen LogP contribution in [0.2, 0.25) is 0 Å². The van der Waals surface area contributed by atoms with Crippen LogP contribution in [0.4, 0.5) is 0 Å². The first kappa shape index (κ1) is 29.4. The molecule has 0 aliphatic carbocycles. The van der Waals surface area contributed by atoms with E-state index in [2.05, 4.69) is 21.7 Å². The number of methoxy groups -OCH3 is 1. The fourth-order valence-electron chi connectivity index (χ4n) is 3.16. The van der Waals surface area contributed by atoms with Gasteiger partial charge in [-0.1, -0.05) is 42.5 Å². The molecular weight excluding hydrogens is 476 g/mol. The highest BCUT2D eigenvalue weighted by atomic mass is 35.5. The average molecular weight is 507 g/mol. The van der Waals surface area contributed by atoms with Crippen molar-refractivity contribution < 1.29 is 47.2 Å². The highest BCUT2D eigenvalue weighted by Gasteiger charge is 2.25. The topological polar surface area (TPSA) is 161 Å². The fourth-order valence-corrected chi connectivity index (χ4v) is 3.16. The molecule has 10 nitrogen and oxygen atoms in total. The van der Waals surface area contributed by atoms with E-state index < -0.39 is 41.8 Å². The van der Waals surface area contributed by atoms with E-state index in [-0.39, 0.29) is 31.1 Å². The molecule has 190 valence electrons. The summed E-state index contributed by atoms with van der Waals surface area (Å²) >= 11 is 0. The lowest BCUT2D eigenvalue weighted by molar-refractivity contribution is -0.403. The molecule has 0 saturated carbocycles. The van der Waals surface area contributed by atoms with Gasteiger partial charge in [0.05, 0.1) is 13.7 Å². The summed E-state index contributed by atoms with van der Waals surface area (Å²) < 4.78 is 4.76. The number of phenolic OH excluding ortho intramolecular Hbond substituents is 1. The highest BCUT2D eigenvalue weighted by Crippen LogP contribution is 2.10. The second kappa shape index (κ2) is 14.6. The van der Waals surface area contributed by atoms with Gasteiger partial charge in [-0.05, 0) is 30.2 Å². The Kier molecular flexibility index (Phi) is 12.3. The van der Waals surface area contributed by atoms with Gasteiger partial charge in [0.2, 0.25) is 11.8 Å². The lowest BCUT2D eigenvalue weighted by Gasteiger charge is -2.18. The van der Waals surface area contributed by atoms with Crippen molar-refractivity contribution in [2.45, 2.75) is 37.9 Å². The molecule has 0 bridgehead atoms. The van der Waals surface area contributed by atoms with E-state index in [0.29, 0.717) is 6.42 Å². The lowest BCUT2D eigenvalue weighted by atomic mass is 10.1. The van der Waals surface area contributed by atoms with E-state index in [1.807, 2.05) is 30.3 Å². The fraction of sp³-hybridized carbons (Fsp3) is 0.333. The van der Waals surface area contributed by atoms with E-state index in [1.165, 1.54) is 26.2 Å². The predicted molar refractivity (Wildman–Crippen MR) is 123 cm³/mol. The van der Waals surface area contributed by atoms with Crippen molar-refractivity contribution in [1.29, 1.82) is 0 Å². The van der Waals surface area contributed by atoms with Gasteiger partial charge in [-0.2, -0.15) is 0 Å². The number of rotatable bonds is 11. The van der Waals surface area contributed by atoms with Crippen LogP contribution in [0, 0.1) is 0 Å². The minimum atomic E-state index is -0.902. The van der Waals surface area contributed by atoms with E-state index in [9.17, 15) is 24.3 Å². The monoisotopic (exact) mass is 506 g/mol. The molecule has 0 unspecified atom stereocenters. The maximum Gasteiger partial charge on any atom is 0.328 e. The molecule has 2 aromatic rings. The number of halogens is 1. The molecule has 3 atom stereocenters. The van der Waals surface area contributed by atoms with Crippen LogP contribution in [-0.4, -0.2) is 60.6 Å². The van der Waals surface area contributed by atoms with Crippen molar-refractivity contribution in [3.05, 3.63) is 65.7 Å². The zero-order valence-corrected chi connectivity index (χ0v) is 20.4. The van der Waals surface area contributed by atoms with Crippen LogP contribution in [0.15, 0.2) is 54.6 Å². The van der Waals surface area contributed by atoms with Crippen molar-refractivity contribution in [2.24, 2.45) is 0 Å². The molecule has 0 aromatic heterocycles. The zero-order chi connectivity index (χ0) is 25.1. The van der Waals surface area contributed by atoms with Crippen molar-refractivity contribution >= 4 is 23.7 Å². The molecule has 3 amide bonds. The van der Waals surface area contributed by atoms with E-state index in [1.54, 1.807) is 12.1 Å². The van der Waals surface area contributed by atoms with E-state index in [0.717, 1.165) is 11.1 Å². The van der Waals surface area contributed by atoms with Gasteiger partial charge in [-0.3, -0.25) is 14.4 Å². The van der Waals surface area contributed by atoms with Crippen LogP contribution < -0.4 is 34.1 Å². The number of phenols is 1. The predicted octanol–water partition coefficient (Wildman–Crippen LogP) is -3.93. The Hall–Kier alpha value is -3.63. The molecule has 7 N–H and O–H groups in total. The van der Waals surface area contributed by atoms with Gasteiger partial charge >= 0.3 is 5.97 Å². The van der Waals surface area contributed by atoms with Crippen LogP contribution in [0.25, 0.3) is 0 Å². The Morgan fingerprint density at radius 1 is 0.914 bits per heavy atom. The molecular formula is C24H31ClN4O6. The number of carbonyl (C=O) groups excluding carboxylic acids is 4. The maximum atomic E-state index is 12.4. The number of hydrogen-bond donors (Lipinski definition) is 5. The number of quaternary nitrogens is 1. The molecule has 0 heterocycles. The van der Waals surface area contributed by atoms with Gasteiger partial charge in [0.15, 0.2) is 6.04 Å². The number of ether oxygens (including phenoxy) is 1. The summed E-state index contributed by atoms with van der Waals surface area (Å²) in [5, 5.41) is 16.9. The number of esters is 1. The smallest absolute Gasteiger partial charge is 0.328 e. The molecule has 0 radical (unpaired) electrons. The van der Waals surface area contributed by atoms with Crippen LogP contribution in [0.1, 0.15) is 18.1 Å². The molecule has 0 fully saturated rings. The third-order valence-electron chi connectivity index (χ3n) is 5.07. The largest absolute Gasteiger partial charge is 1.00 e. The van der Waals surface area contributed by atoms with Crippen LogP contribution in [0.5, 0.6) is 5.75 Å². The molecule has 2 rings (SSSR count). The van der Waals surface area contributed by atoms with Crippen molar-refractivity contribution in [3.63, 3.8) is 0 Å². The zero-order valence-electron chi connectivity index (χ0n) is 19.6. The minimum Gasteiger partial charge on any atom is -1.00 e. The van der Waals surface area contributed by atoms with Gasteiger partial charge in [-0.25, -0.2) is 4.79 Å². The summed E-state index contributed by atoms with van der Waals surface area (Å²) in [5.41, 5.74) is 5.48. The van der Waals surface area contributed by atoms with Gasteiger partial charge in [0, 0.05) is 12.8 Å². The molecule has 2 aromatic carbocycles. The molecule has 11 heteroatoms. The second-order valence-corrected chi connectivity index (χ2v) is 7.85. The molecule has 0 saturated heterocycles. The van der Waals surface area contributed by atoms with Crippen molar-refractivity contribution in [3.8, 4) is 5.75 Å². The lowest BCUT2D eigenvalue weighted by Crippen LogP contribution is -3.00. The van der Waals surface area contributed by atoms with Crippen molar-refractivity contribution in [2.75, 3.05) is 13.7 Å². The Balaban J connectivity index is 0.00000612. The molecule has 0 spiro atoms. The summed E-state index contributed by atoms with van der Waals surface area (Å²) in [5.74, 6) is -2.02. The van der Waals surface area contributed by atoms with Gasteiger partial charge < -0.3 is 43.9 Å². The number of aromatic hydroxyl groups is 1. The van der Waals surface area contributed by atoms with Crippen LogP contribution >= 0.6 is 0 Å². The van der Waals surface area contributed by atoms with Gasteiger partial charge in [-0.15, -0.1) is 0 Å². The van der Waals surface area contributed by atoms with E-state index in [4.69, 9.17) is 4.74 Å². The number of carbonyl (C=O) groups is 4. The number of hydrogen-bond acceptors (Lipinski definition) is 6. The Labute approximate surface area is 210 Å². The summed E-state index contributed by atoms with van der Waals surface area (Å²) in [6.45, 7) is 1.12. The van der Waals surface area contributed by atoms with Gasteiger partial charge in [0.25, 0.3) is 5.91 Å². The summed E-state index contributed by atoms with van der Waals surface area (Å²) in [4.78, 5) is 49.0. The summed E-state index contributed by atoms with van der Waals surface area (Å²) in [6, 6.07) is 13.1.